The third-order valence-corrected chi connectivity index (χ3v) is 6.30. The van der Waals surface area contributed by atoms with E-state index in [1.807, 2.05) is 11.0 Å². The molecule has 1 aromatic rings. The van der Waals surface area contributed by atoms with E-state index in [1.165, 1.54) is 11.1 Å². The van der Waals surface area contributed by atoms with Crippen LogP contribution < -0.4 is 4.74 Å². The van der Waals surface area contributed by atoms with Crippen molar-refractivity contribution in [1.82, 2.24) is 4.90 Å². The molecular formula is C20H29NO. The van der Waals surface area contributed by atoms with Gasteiger partial charge in [-0.15, -0.1) is 0 Å². The van der Waals surface area contributed by atoms with Gasteiger partial charge in [0.15, 0.2) is 0 Å². The summed E-state index contributed by atoms with van der Waals surface area (Å²) in [6, 6.07) is 6.48. The van der Waals surface area contributed by atoms with E-state index in [9.17, 15) is 0 Å². The second-order valence-corrected chi connectivity index (χ2v) is 7.50. The van der Waals surface area contributed by atoms with Crippen molar-refractivity contribution in [2.45, 2.75) is 76.5 Å². The van der Waals surface area contributed by atoms with Crippen molar-refractivity contribution < 1.29 is 10.2 Å². The van der Waals surface area contributed by atoms with E-state index in [0.717, 1.165) is 37.9 Å². The van der Waals surface area contributed by atoms with Gasteiger partial charge in [-0.2, -0.15) is 0 Å². The maximum absolute atomic E-state index is 8.03. The second kappa shape index (κ2) is 4.99. The Kier molecular flexibility index (Phi) is 2.43. The van der Waals surface area contributed by atoms with Gasteiger partial charge in [0.1, 0.15) is 5.75 Å². The molecule has 1 saturated carbocycles. The van der Waals surface area contributed by atoms with E-state index in [-0.39, 0.29) is 17.5 Å². The summed E-state index contributed by atoms with van der Waals surface area (Å²) in [4.78, 5) is 1.82. The number of rotatable bonds is 3. The van der Waals surface area contributed by atoms with Crippen LogP contribution in [0.25, 0.3) is 0 Å². The normalized spacial score (nSPS) is 40.2. The molecule has 1 aliphatic heterocycles. The smallest absolute Gasteiger partial charge is 0.119 e. The van der Waals surface area contributed by atoms with Gasteiger partial charge in [-0.1, -0.05) is 19.4 Å². The summed E-state index contributed by atoms with van der Waals surface area (Å²) in [7, 11) is 0. The number of benzene rings is 1. The van der Waals surface area contributed by atoms with Gasteiger partial charge < -0.3 is 4.74 Å². The van der Waals surface area contributed by atoms with Gasteiger partial charge in [0.05, 0.1) is 7.45 Å². The van der Waals surface area contributed by atoms with Gasteiger partial charge >= 0.3 is 0 Å². The Morgan fingerprint density at radius 3 is 3.05 bits per heavy atom. The van der Waals surface area contributed by atoms with Crippen molar-refractivity contribution in [2.24, 2.45) is 5.92 Å². The van der Waals surface area contributed by atoms with E-state index >= 15 is 0 Å². The first-order valence-electron chi connectivity index (χ1n) is 10.7. The first-order chi connectivity index (χ1) is 12.1. The average molecular weight is 303 g/mol. The van der Waals surface area contributed by atoms with Crippen molar-refractivity contribution in [1.29, 1.82) is 0 Å². The van der Waals surface area contributed by atoms with Crippen LogP contribution in [-0.2, 0) is 11.8 Å². The average Bonchev–Trinajstić information content (AvgIpc) is 2.50. The second-order valence-electron chi connectivity index (χ2n) is 7.50. The highest BCUT2D eigenvalue weighted by Crippen LogP contribution is 2.59. The fourth-order valence-corrected chi connectivity index (χ4v) is 5.46. The van der Waals surface area contributed by atoms with E-state index in [2.05, 4.69) is 19.1 Å². The van der Waals surface area contributed by atoms with Crippen LogP contribution in [0.5, 0.6) is 5.75 Å². The third-order valence-electron chi connectivity index (χ3n) is 6.30. The van der Waals surface area contributed by atoms with Crippen molar-refractivity contribution >= 4 is 0 Å². The van der Waals surface area contributed by atoms with Crippen LogP contribution in [0.4, 0.5) is 0 Å². The lowest BCUT2D eigenvalue weighted by Crippen LogP contribution is -2.72. The van der Waals surface area contributed by atoms with E-state index < -0.39 is 13.1 Å². The Hall–Kier alpha value is -1.02. The summed E-state index contributed by atoms with van der Waals surface area (Å²) < 4.78 is 37.8. The zero-order valence-corrected chi connectivity index (χ0v) is 13.9. The fraction of sp³-hybridized carbons (Fsp3) is 0.700. The summed E-state index contributed by atoms with van der Waals surface area (Å²) >= 11 is 0. The number of nitrogens with zero attached hydrogens (tertiary/aromatic N) is 1. The van der Waals surface area contributed by atoms with Crippen molar-refractivity contribution in [3.8, 4) is 5.75 Å². The number of fused-ring (bicyclic) bond motifs is 2. The Balaban J connectivity index is 1.78. The lowest BCUT2D eigenvalue weighted by Gasteiger charge is -2.66. The molecule has 4 atom stereocenters. The van der Waals surface area contributed by atoms with Crippen LogP contribution in [0, 0.1) is 5.92 Å². The standard InChI is InChI=1S/C20H29NO/c1-5-20-10-6-7-17-19(20)18(21(17)4)11-14-8-9-15(12-16(14)20)22-13(2)3/h8-9,12-13,17-19H,5-7,10-11H2,1-4H3/t17?,18-,19+,20?/m0/s1/i4D3,13D. The fourth-order valence-electron chi connectivity index (χ4n) is 5.46. The highest BCUT2D eigenvalue weighted by atomic mass is 16.5. The molecule has 2 nitrogen and oxygen atoms in total. The monoisotopic (exact) mass is 303 g/mol. The minimum absolute atomic E-state index is 0.0501. The van der Waals surface area contributed by atoms with Crippen LogP contribution in [0.3, 0.4) is 0 Å². The first kappa shape index (κ1) is 10.7. The zero-order chi connectivity index (χ0) is 18.9. The van der Waals surface area contributed by atoms with Crippen LogP contribution in [0.1, 0.15) is 63.1 Å². The Morgan fingerprint density at radius 1 is 1.45 bits per heavy atom. The zero-order valence-electron chi connectivity index (χ0n) is 17.9. The van der Waals surface area contributed by atoms with Crippen LogP contribution in [0.15, 0.2) is 18.2 Å². The predicted molar refractivity (Wildman–Crippen MR) is 90.6 cm³/mol. The van der Waals surface area contributed by atoms with Gasteiger partial charge in [0.25, 0.3) is 0 Å². The van der Waals surface area contributed by atoms with Crippen molar-refractivity contribution in [3.05, 3.63) is 29.3 Å². The molecule has 0 spiro atoms. The predicted octanol–water partition coefficient (Wildman–Crippen LogP) is 4.16. The molecule has 1 heterocycles. The number of hydrogen-bond donors (Lipinski definition) is 0. The SMILES string of the molecule is [2H]C(C)(C)Oc1ccc2c(c1)C1(CC)CCCC3[C@@H]1[C@H](C2)N3C([2H])([2H])[2H]. The van der Waals surface area contributed by atoms with E-state index in [0.29, 0.717) is 5.92 Å². The number of ether oxygens (including phenoxy) is 1. The summed E-state index contributed by atoms with van der Waals surface area (Å²) in [6.45, 7) is 3.73. The molecule has 0 amide bonds. The Morgan fingerprint density at radius 2 is 2.32 bits per heavy atom. The van der Waals surface area contributed by atoms with Crippen LogP contribution in [-0.4, -0.2) is 30.0 Å². The van der Waals surface area contributed by atoms with E-state index in [1.54, 1.807) is 13.8 Å². The molecule has 0 N–H and O–H groups in total. The van der Waals surface area contributed by atoms with Gasteiger partial charge in [-0.25, -0.2) is 0 Å². The number of hydrogen-bond acceptors (Lipinski definition) is 2. The maximum atomic E-state index is 8.03. The lowest BCUT2D eigenvalue weighted by atomic mass is 9.49. The molecule has 2 fully saturated rings. The molecule has 1 aromatic carbocycles. The Labute approximate surface area is 140 Å². The summed E-state index contributed by atoms with van der Waals surface area (Å²) in [5, 5.41) is 0. The first-order valence-corrected chi connectivity index (χ1v) is 8.68. The van der Waals surface area contributed by atoms with Gasteiger partial charge in [0.2, 0.25) is 0 Å². The summed E-state index contributed by atoms with van der Waals surface area (Å²) in [5.41, 5.74) is 2.66. The molecule has 4 rings (SSSR count). The highest BCUT2D eigenvalue weighted by molar-refractivity contribution is 5.46. The molecule has 22 heavy (non-hydrogen) atoms. The minimum Gasteiger partial charge on any atom is -0.491 e. The molecule has 3 aliphatic rings. The van der Waals surface area contributed by atoms with Crippen LogP contribution >= 0.6 is 0 Å². The maximum Gasteiger partial charge on any atom is 0.119 e. The number of likely N-dealkylation sites (N-methyl/N-ethyl adjacent to an activating group) is 1. The molecule has 0 bridgehead atoms. The molecular weight excluding hydrogens is 270 g/mol. The highest BCUT2D eigenvalue weighted by Gasteiger charge is 2.60. The topological polar surface area (TPSA) is 12.5 Å². The van der Waals surface area contributed by atoms with E-state index in [4.69, 9.17) is 10.2 Å². The molecule has 2 aliphatic carbocycles. The minimum atomic E-state index is -2.00. The third kappa shape index (κ3) is 1.83. The molecule has 0 aromatic heterocycles. The number of likely N-dealkylation sites (tertiary alicyclic amines) is 1. The van der Waals surface area contributed by atoms with Gasteiger partial charge in [0, 0.05) is 21.6 Å². The molecule has 2 unspecified atom stereocenters. The lowest BCUT2D eigenvalue weighted by molar-refractivity contribution is -0.115. The largest absolute Gasteiger partial charge is 0.491 e. The summed E-state index contributed by atoms with van der Waals surface area (Å²) in [6.07, 6.45) is 4.06. The van der Waals surface area contributed by atoms with Gasteiger partial charge in [-0.3, -0.25) is 4.90 Å². The van der Waals surface area contributed by atoms with Gasteiger partial charge in [-0.05, 0) is 75.7 Å². The molecule has 120 valence electrons. The molecule has 1 saturated heterocycles. The summed E-state index contributed by atoms with van der Waals surface area (Å²) in [5.74, 6) is 1.18. The Bertz CT molecular complexity index is 711. The van der Waals surface area contributed by atoms with Crippen molar-refractivity contribution in [3.63, 3.8) is 0 Å². The van der Waals surface area contributed by atoms with Crippen molar-refractivity contribution in [2.75, 3.05) is 6.98 Å². The quantitative estimate of drug-likeness (QED) is 0.831. The molecule has 0 radical (unpaired) electrons. The molecule has 2 heteroatoms. The van der Waals surface area contributed by atoms with Crippen LogP contribution in [0.2, 0.25) is 0 Å².